The van der Waals surface area contributed by atoms with E-state index in [4.69, 9.17) is 14.2 Å². The second-order valence-corrected chi connectivity index (χ2v) is 8.32. The average Bonchev–Trinajstić information content (AvgIpc) is 3.17. The van der Waals surface area contributed by atoms with Gasteiger partial charge < -0.3 is 18.8 Å². The van der Waals surface area contributed by atoms with Crippen molar-refractivity contribution in [2.45, 2.75) is 20.8 Å². The zero-order valence-electron chi connectivity index (χ0n) is 17.6. The highest BCUT2D eigenvalue weighted by Gasteiger charge is 2.29. The highest BCUT2D eigenvalue weighted by atomic mass is 16.5. The molecule has 1 aromatic heterocycles. The molecule has 0 bridgehead atoms. The zero-order valence-corrected chi connectivity index (χ0v) is 17.6. The van der Waals surface area contributed by atoms with E-state index in [1.54, 1.807) is 52.2 Å². The van der Waals surface area contributed by atoms with Crippen molar-refractivity contribution in [3.8, 4) is 17.2 Å². The summed E-state index contributed by atoms with van der Waals surface area (Å²) in [7, 11) is 3.56. The fraction of sp³-hybridized carbons (Fsp3) is 0.250. The van der Waals surface area contributed by atoms with Gasteiger partial charge in [0.05, 0.1) is 18.1 Å². The van der Waals surface area contributed by atoms with Crippen molar-refractivity contribution in [1.82, 2.24) is 4.57 Å². The SMILES string of the molecule is COc1ccc2c(c1)c(/C=C1/Oc3cc(OC(=O)C(C)(C)C)ccc3C1=O)cn2C. The summed E-state index contributed by atoms with van der Waals surface area (Å²) in [6, 6.07) is 10.6. The van der Waals surface area contributed by atoms with Gasteiger partial charge in [-0.3, -0.25) is 9.59 Å². The number of carbonyl (C=O) groups excluding carboxylic acids is 2. The van der Waals surface area contributed by atoms with Gasteiger partial charge in [0, 0.05) is 35.8 Å². The van der Waals surface area contributed by atoms with Gasteiger partial charge in [0.1, 0.15) is 17.2 Å². The van der Waals surface area contributed by atoms with E-state index >= 15 is 0 Å². The number of methoxy groups -OCH3 is 1. The number of benzene rings is 2. The number of hydrogen-bond acceptors (Lipinski definition) is 5. The minimum Gasteiger partial charge on any atom is -0.497 e. The van der Waals surface area contributed by atoms with E-state index in [0.717, 1.165) is 22.2 Å². The zero-order chi connectivity index (χ0) is 21.6. The van der Waals surface area contributed by atoms with Crippen LogP contribution in [-0.4, -0.2) is 23.4 Å². The highest BCUT2D eigenvalue weighted by Crippen LogP contribution is 2.36. The van der Waals surface area contributed by atoms with E-state index in [1.807, 2.05) is 36.0 Å². The molecule has 4 rings (SSSR count). The maximum atomic E-state index is 12.8. The lowest BCUT2D eigenvalue weighted by atomic mass is 9.97. The maximum Gasteiger partial charge on any atom is 0.316 e. The van der Waals surface area contributed by atoms with Gasteiger partial charge in [0.2, 0.25) is 5.78 Å². The second-order valence-electron chi connectivity index (χ2n) is 8.32. The average molecular weight is 405 g/mol. The molecule has 0 saturated heterocycles. The Kier molecular flexibility index (Phi) is 4.65. The third kappa shape index (κ3) is 3.45. The summed E-state index contributed by atoms with van der Waals surface area (Å²) in [4.78, 5) is 25.0. The quantitative estimate of drug-likeness (QED) is 0.357. The lowest BCUT2D eigenvalue weighted by Crippen LogP contribution is -2.25. The van der Waals surface area contributed by atoms with Gasteiger partial charge in [0.25, 0.3) is 0 Å². The number of Topliss-reactive ketones (excluding diaryl/α,β-unsaturated/α-hetero) is 1. The molecule has 30 heavy (non-hydrogen) atoms. The highest BCUT2D eigenvalue weighted by molar-refractivity contribution is 6.15. The molecule has 154 valence electrons. The van der Waals surface area contributed by atoms with Gasteiger partial charge in [-0.2, -0.15) is 0 Å². The summed E-state index contributed by atoms with van der Waals surface area (Å²) in [5.41, 5.74) is 1.68. The number of allylic oxidation sites excluding steroid dienone is 1. The molecule has 1 aliphatic rings. The largest absolute Gasteiger partial charge is 0.497 e. The summed E-state index contributed by atoms with van der Waals surface area (Å²) >= 11 is 0. The molecule has 0 spiro atoms. The van der Waals surface area contributed by atoms with E-state index in [-0.39, 0.29) is 17.5 Å². The number of ether oxygens (including phenoxy) is 3. The molecule has 0 amide bonds. The topological polar surface area (TPSA) is 66.8 Å². The van der Waals surface area contributed by atoms with Crippen LogP contribution in [0.5, 0.6) is 17.2 Å². The first-order valence-electron chi connectivity index (χ1n) is 9.61. The molecule has 0 fully saturated rings. The molecule has 3 aromatic rings. The Bertz CT molecular complexity index is 1210. The third-order valence-corrected chi connectivity index (χ3v) is 4.98. The second kappa shape index (κ2) is 7.06. The van der Waals surface area contributed by atoms with Crippen LogP contribution in [0.15, 0.2) is 48.4 Å². The number of fused-ring (bicyclic) bond motifs is 2. The first-order chi connectivity index (χ1) is 14.2. The fourth-order valence-electron chi connectivity index (χ4n) is 3.28. The van der Waals surface area contributed by atoms with Crippen LogP contribution < -0.4 is 14.2 Å². The molecule has 0 aliphatic carbocycles. The third-order valence-electron chi connectivity index (χ3n) is 4.98. The number of nitrogens with zero attached hydrogens (tertiary/aromatic N) is 1. The molecular weight excluding hydrogens is 382 g/mol. The van der Waals surface area contributed by atoms with Gasteiger partial charge >= 0.3 is 5.97 Å². The standard InChI is InChI=1S/C24H23NO5/c1-24(2,3)23(27)29-16-6-8-17-20(12-16)30-21(22(17)26)10-14-13-25(4)19-9-7-15(28-5)11-18(14)19/h6-13H,1-5H3/b21-10+. The van der Waals surface area contributed by atoms with Crippen LogP contribution in [0.4, 0.5) is 0 Å². The molecule has 6 heteroatoms. The molecule has 6 nitrogen and oxygen atoms in total. The van der Waals surface area contributed by atoms with Gasteiger partial charge in [-0.1, -0.05) is 0 Å². The van der Waals surface area contributed by atoms with Crippen molar-refractivity contribution >= 4 is 28.7 Å². The summed E-state index contributed by atoms with van der Waals surface area (Å²) < 4.78 is 18.5. The van der Waals surface area contributed by atoms with E-state index < -0.39 is 5.41 Å². The predicted octanol–water partition coefficient (Wildman–Crippen LogP) is 4.75. The smallest absolute Gasteiger partial charge is 0.316 e. The van der Waals surface area contributed by atoms with E-state index in [9.17, 15) is 9.59 Å². The maximum absolute atomic E-state index is 12.8. The summed E-state index contributed by atoms with van der Waals surface area (Å²) in [6.45, 7) is 5.34. The number of carbonyl (C=O) groups is 2. The Hall–Kier alpha value is -3.54. The van der Waals surface area contributed by atoms with Crippen molar-refractivity contribution in [2.75, 3.05) is 7.11 Å². The summed E-state index contributed by atoms with van der Waals surface area (Å²) in [5, 5.41) is 0.955. The lowest BCUT2D eigenvalue weighted by molar-refractivity contribution is -0.143. The van der Waals surface area contributed by atoms with Crippen LogP contribution in [-0.2, 0) is 11.8 Å². The van der Waals surface area contributed by atoms with Crippen LogP contribution >= 0.6 is 0 Å². The van der Waals surface area contributed by atoms with Crippen molar-refractivity contribution in [3.05, 3.63) is 59.5 Å². The van der Waals surface area contributed by atoms with E-state index in [1.165, 1.54) is 0 Å². The normalized spacial score (nSPS) is 14.7. The van der Waals surface area contributed by atoms with Crippen LogP contribution in [0.25, 0.3) is 17.0 Å². The Morgan fingerprint density at radius 3 is 2.53 bits per heavy atom. The number of hydrogen-bond donors (Lipinski definition) is 0. The van der Waals surface area contributed by atoms with Gasteiger partial charge in [-0.25, -0.2) is 0 Å². The number of ketones is 1. The van der Waals surface area contributed by atoms with Crippen LogP contribution in [0.3, 0.4) is 0 Å². The number of aryl methyl sites for hydroxylation is 1. The first kappa shape index (κ1) is 19.8. The van der Waals surface area contributed by atoms with Crippen molar-refractivity contribution in [2.24, 2.45) is 12.5 Å². The van der Waals surface area contributed by atoms with E-state index in [2.05, 4.69) is 0 Å². The summed E-state index contributed by atoms with van der Waals surface area (Å²) in [6.07, 6.45) is 3.66. The minimum atomic E-state index is -0.629. The molecule has 0 radical (unpaired) electrons. The number of esters is 1. The summed E-state index contributed by atoms with van der Waals surface area (Å²) in [5.74, 6) is 1.12. The number of rotatable bonds is 3. The molecule has 2 heterocycles. The minimum absolute atomic E-state index is 0.210. The first-order valence-corrected chi connectivity index (χ1v) is 9.61. The predicted molar refractivity (Wildman–Crippen MR) is 114 cm³/mol. The van der Waals surface area contributed by atoms with Crippen LogP contribution in [0.2, 0.25) is 0 Å². The molecule has 0 N–H and O–H groups in total. The van der Waals surface area contributed by atoms with Gasteiger partial charge in [0.15, 0.2) is 5.76 Å². The molecule has 1 aliphatic heterocycles. The monoisotopic (exact) mass is 405 g/mol. The fourth-order valence-corrected chi connectivity index (χ4v) is 3.28. The Morgan fingerprint density at radius 2 is 1.83 bits per heavy atom. The van der Waals surface area contributed by atoms with Crippen LogP contribution in [0.1, 0.15) is 36.7 Å². The lowest BCUT2D eigenvalue weighted by Gasteiger charge is -2.16. The Balaban J connectivity index is 1.67. The van der Waals surface area contributed by atoms with Crippen LogP contribution in [0, 0.1) is 5.41 Å². The van der Waals surface area contributed by atoms with Crippen molar-refractivity contribution in [3.63, 3.8) is 0 Å². The molecule has 0 saturated carbocycles. The Labute approximate surface area is 174 Å². The molecule has 2 aromatic carbocycles. The molecular formula is C24H23NO5. The Morgan fingerprint density at radius 1 is 1.10 bits per heavy atom. The van der Waals surface area contributed by atoms with Crippen molar-refractivity contribution < 1.29 is 23.8 Å². The number of aromatic nitrogens is 1. The van der Waals surface area contributed by atoms with Crippen molar-refractivity contribution in [1.29, 1.82) is 0 Å². The molecule has 0 unspecified atom stereocenters. The van der Waals surface area contributed by atoms with E-state index in [0.29, 0.717) is 17.1 Å². The molecule has 0 atom stereocenters. The van der Waals surface area contributed by atoms with Gasteiger partial charge in [-0.15, -0.1) is 0 Å². The van der Waals surface area contributed by atoms with Gasteiger partial charge in [-0.05, 0) is 57.2 Å².